The first-order chi connectivity index (χ1) is 12.0. The molecule has 0 bridgehead atoms. The van der Waals surface area contributed by atoms with Gasteiger partial charge in [0.05, 0.1) is 30.1 Å². The standard InChI is InChI=1S/C17H19N5O2S/c1-4-21-9-11(8-19-21)22-10(2)15(16(23)20-17(18)25)13-7-12(24-3)5-6-14(13)22/h5-9H,4H2,1-3H3,(H3,18,20,23,25). The molecule has 130 valence electrons. The maximum atomic E-state index is 12.6. The lowest BCUT2D eigenvalue weighted by molar-refractivity contribution is 0.0978. The number of hydrogen-bond donors (Lipinski definition) is 2. The number of nitrogens with two attached hydrogens (primary N) is 1. The van der Waals surface area contributed by atoms with Gasteiger partial charge in [0.2, 0.25) is 0 Å². The van der Waals surface area contributed by atoms with Crippen LogP contribution in [-0.4, -0.2) is 32.5 Å². The number of benzene rings is 1. The number of aryl methyl sites for hydroxylation is 1. The number of thiocarbonyl (C=S) groups is 1. The van der Waals surface area contributed by atoms with E-state index in [2.05, 4.69) is 10.4 Å². The fourth-order valence-electron chi connectivity index (χ4n) is 2.96. The van der Waals surface area contributed by atoms with Crippen molar-refractivity contribution in [2.45, 2.75) is 20.4 Å². The average Bonchev–Trinajstić information content (AvgIpc) is 3.14. The van der Waals surface area contributed by atoms with Crippen molar-refractivity contribution >= 4 is 34.1 Å². The van der Waals surface area contributed by atoms with E-state index in [4.69, 9.17) is 22.7 Å². The van der Waals surface area contributed by atoms with E-state index in [0.29, 0.717) is 11.3 Å². The lowest BCUT2D eigenvalue weighted by Gasteiger charge is -2.06. The van der Waals surface area contributed by atoms with Gasteiger partial charge in [0, 0.05) is 23.8 Å². The molecule has 3 N–H and O–H groups in total. The van der Waals surface area contributed by atoms with Crippen molar-refractivity contribution < 1.29 is 9.53 Å². The minimum absolute atomic E-state index is 0.0630. The van der Waals surface area contributed by atoms with Gasteiger partial charge in [-0.05, 0) is 44.3 Å². The van der Waals surface area contributed by atoms with Crippen molar-refractivity contribution in [2.75, 3.05) is 7.11 Å². The Morgan fingerprint density at radius 3 is 2.80 bits per heavy atom. The number of ether oxygens (including phenoxy) is 1. The van der Waals surface area contributed by atoms with Gasteiger partial charge in [-0.1, -0.05) is 0 Å². The highest BCUT2D eigenvalue weighted by molar-refractivity contribution is 7.80. The Kier molecular flexibility index (Phi) is 4.45. The monoisotopic (exact) mass is 357 g/mol. The van der Waals surface area contributed by atoms with Gasteiger partial charge in [0.1, 0.15) is 5.75 Å². The molecule has 0 atom stereocenters. The molecule has 0 aliphatic heterocycles. The number of aromatic nitrogens is 3. The van der Waals surface area contributed by atoms with Gasteiger partial charge >= 0.3 is 0 Å². The fourth-order valence-corrected chi connectivity index (χ4v) is 3.05. The molecule has 2 aromatic heterocycles. The molecule has 0 radical (unpaired) electrons. The molecule has 0 saturated heterocycles. The minimum Gasteiger partial charge on any atom is -0.497 e. The second-order valence-corrected chi connectivity index (χ2v) is 5.99. The van der Waals surface area contributed by atoms with Crippen LogP contribution in [0.2, 0.25) is 0 Å². The third kappa shape index (κ3) is 2.96. The second-order valence-electron chi connectivity index (χ2n) is 5.55. The summed E-state index contributed by atoms with van der Waals surface area (Å²) in [5.74, 6) is 0.322. The Hall–Kier alpha value is -2.87. The summed E-state index contributed by atoms with van der Waals surface area (Å²) in [6.07, 6.45) is 3.71. The van der Waals surface area contributed by atoms with E-state index in [1.54, 1.807) is 13.3 Å². The second kappa shape index (κ2) is 6.56. The number of fused-ring (bicyclic) bond motifs is 1. The molecular formula is C17H19N5O2S. The Bertz CT molecular complexity index is 973. The Morgan fingerprint density at radius 1 is 1.44 bits per heavy atom. The molecule has 0 unspecified atom stereocenters. The third-order valence-corrected chi connectivity index (χ3v) is 4.18. The largest absolute Gasteiger partial charge is 0.497 e. The summed E-state index contributed by atoms with van der Waals surface area (Å²) in [6, 6.07) is 5.61. The van der Waals surface area contributed by atoms with Crippen molar-refractivity contribution in [1.82, 2.24) is 19.7 Å². The number of methoxy groups -OCH3 is 1. The van der Waals surface area contributed by atoms with E-state index >= 15 is 0 Å². The molecule has 0 aliphatic carbocycles. The zero-order valence-corrected chi connectivity index (χ0v) is 15.1. The summed E-state index contributed by atoms with van der Waals surface area (Å²) < 4.78 is 9.13. The van der Waals surface area contributed by atoms with E-state index < -0.39 is 0 Å². The first kappa shape index (κ1) is 17.0. The van der Waals surface area contributed by atoms with E-state index in [1.807, 2.05) is 47.5 Å². The molecule has 25 heavy (non-hydrogen) atoms. The number of nitrogens with zero attached hydrogens (tertiary/aromatic N) is 3. The Labute approximate surface area is 150 Å². The summed E-state index contributed by atoms with van der Waals surface area (Å²) in [7, 11) is 1.59. The van der Waals surface area contributed by atoms with Crippen molar-refractivity contribution in [1.29, 1.82) is 0 Å². The molecule has 0 aliphatic rings. The molecular weight excluding hydrogens is 338 g/mol. The van der Waals surface area contributed by atoms with Gasteiger partial charge in [-0.3, -0.25) is 14.8 Å². The first-order valence-electron chi connectivity index (χ1n) is 7.79. The lowest BCUT2D eigenvalue weighted by atomic mass is 10.1. The minimum atomic E-state index is -0.343. The van der Waals surface area contributed by atoms with Crippen LogP contribution in [0.1, 0.15) is 23.0 Å². The van der Waals surface area contributed by atoms with Crippen molar-refractivity contribution in [3.8, 4) is 11.4 Å². The number of rotatable bonds is 4. The Morgan fingerprint density at radius 2 is 2.20 bits per heavy atom. The summed E-state index contributed by atoms with van der Waals surface area (Å²) in [4.78, 5) is 12.6. The van der Waals surface area contributed by atoms with Crippen LogP contribution in [0, 0.1) is 6.92 Å². The SMILES string of the molecule is CCn1cc(-n2c(C)c(C(=O)NC(N)=S)c3cc(OC)ccc32)cn1. The van der Waals surface area contributed by atoms with Crippen LogP contribution < -0.4 is 15.8 Å². The van der Waals surface area contributed by atoms with E-state index in [1.165, 1.54) is 0 Å². The number of carbonyl (C=O) groups excluding carboxylic acids is 1. The summed E-state index contributed by atoms with van der Waals surface area (Å²) >= 11 is 4.81. The maximum absolute atomic E-state index is 12.6. The molecule has 1 amide bonds. The van der Waals surface area contributed by atoms with Gasteiger partial charge in [-0.2, -0.15) is 5.10 Å². The van der Waals surface area contributed by atoms with Gasteiger partial charge in [0.15, 0.2) is 5.11 Å². The first-order valence-corrected chi connectivity index (χ1v) is 8.19. The zero-order chi connectivity index (χ0) is 18.1. The van der Waals surface area contributed by atoms with Gasteiger partial charge in [-0.15, -0.1) is 0 Å². The topological polar surface area (TPSA) is 87.1 Å². The zero-order valence-electron chi connectivity index (χ0n) is 14.2. The lowest BCUT2D eigenvalue weighted by Crippen LogP contribution is -2.35. The third-order valence-electron chi connectivity index (χ3n) is 4.08. The molecule has 0 spiro atoms. The van der Waals surface area contributed by atoms with Crippen molar-refractivity contribution in [3.63, 3.8) is 0 Å². The molecule has 3 aromatic rings. The number of hydrogen-bond acceptors (Lipinski definition) is 4. The smallest absolute Gasteiger partial charge is 0.259 e. The number of nitrogens with one attached hydrogen (secondary N) is 1. The highest BCUT2D eigenvalue weighted by atomic mass is 32.1. The van der Waals surface area contributed by atoms with Gasteiger partial charge in [0.25, 0.3) is 5.91 Å². The summed E-state index contributed by atoms with van der Waals surface area (Å²) in [5, 5.41) is 7.53. The van der Waals surface area contributed by atoms with Crippen LogP contribution in [0.25, 0.3) is 16.6 Å². The van der Waals surface area contributed by atoms with E-state index in [9.17, 15) is 4.79 Å². The van der Waals surface area contributed by atoms with Crippen LogP contribution in [-0.2, 0) is 6.54 Å². The summed E-state index contributed by atoms with van der Waals surface area (Å²) in [5.41, 5.74) is 8.51. The van der Waals surface area contributed by atoms with Crippen LogP contribution in [0.4, 0.5) is 0 Å². The predicted octanol–water partition coefficient (Wildman–Crippen LogP) is 2.14. The highest BCUT2D eigenvalue weighted by Gasteiger charge is 2.22. The molecule has 0 fully saturated rings. The van der Waals surface area contributed by atoms with Crippen molar-refractivity contribution in [2.24, 2.45) is 5.73 Å². The van der Waals surface area contributed by atoms with Crippen LogP contribution in [0.15, 0.2) is 30.6 Å². The van der Waals surface area contributed by atoms with Crippen molar-refractivity contribution in [3.05, 3.63) is 41.9 Å². The maximum Gasteiger partial charge on any atom is 0.259 e. The van der Waals surface area contributed by atoms with Crippen LogP contribution in [0.5, 0.6) is 5.75 Å². The molecule has 3 rings (SSSR count). The molecule has 8 heteroatoms. The summed E-state index contributed by atoms with van der Waals surface area (Å²) in [6.45, 7) is 4.66. The molecule has 2 heterocycles. The Balaban J connectivity index is 2.28. The number of carbonyl (C=O) groups is 1. The quantitative estimate of drug-likeness (QED) is 0.699. The molecule has 7 nitrogen and oxygen atoms in total. The normalized spacial score (nSPS) is 10.8. The number of amides is 1. The molecule has 1 aromatic carbocycles. The van der Waals surface area contributed by atoms with E-state index in [0.717, 1.165) is 28.8 Å². The van der Waals surface area contributed by atoms with Gasteiger partial charge in [-0.25, -0.2) is 0 Å². The van der Waals surface area contributed by atoms with E-state index in [-0.39, 0.29) is 11.0 Å². The van der Waals surface area contributed by atoms with Crippen LogP contribution >= 0.6 is 12.2 Å². The molecule has 0 saturated carbocycles. The highest BCUT2D eigenvalue weighted by Crippen LogP contribution is 2.31. The van der Waals surface area contributed by atoms with Gasteiger partial charge < -0.3 is 15.0 Å². The van der Waals surface area contributed by atoms with Crippen LogP contribution in [0.3, 0.4) is 0 Å². The average molecular weight is 357 g/mol. The predicted molar refractivity (Wildman–Crippen MR) is 100 cm³/mol. The fraction of sp³-hybridized carbons (Fsp3) is 0.235.